The van der Waals surface area contributed by atoms with Crippen LogP contribution in [0.1, 0.15) is 13.3 Å². The van der Waals surface area contributed by atoms with Crippen LogP contribution in [-0.4, -0.2) is 11.3 Å². The van der Waals surface area contributed by atoms with Crippen LogP contribution in [0.15, 0.2) is 24.5 Å². The molecule has 0 radical (unpaired) electrons. The molecule has 58 valence electrons. The maximum atomic E-state index is 2.35. The van der Waals surface area contributed by atoms with Crippen LogP contribution in [0.3, 0.4) is 0 Å². The van der Waals surface area contributed by atoms with Crippen molar-refractivity contribution in [3.63, 3.8) is 0 Å². The highest BCUT2D eigenvalue weighted by atomic mass is 14.9. The third kappa shape index (κ3) is 1.35. The number of hydrogen-bond acceptors (Lipinski definition) is 0. The van der Waals surface area contributed by atoms with Gasteiger partial charge in [0.25, 0.3) is 6.85 Å². The fourth-order valence-corrected chi connectivity index (χ4v) is 2.04. The fourth-order valence-electron chi connectivity index (χ4n) is 2.04. The molecule has 1 aliphatic heterocycles. The molecule has 1 nitrogen and oxygen atoms in total. The highest BCUT2D eigenvalue weighted by molar-refractivity contribution is 6.57. The van der Waals surface area contributed by atoms with Gasteiger partial charge >= 0.3 is 0 Å². The zero-order valence-electron chi connectivity index (χ0n) is 7.03. The SMILES string of the molecule is CC1CCB(n2cccc2)C1. The molecule has 0 saturated carbocycles. The Kier molecular flexibility index (Phi) is 1.76. The van der Waals surface area contributed by atoms with Gasteiger partial charge in [-0.05, 0) is 30.4 Å². The topological polar surface area (TPSA) is 4.93 Å². The van der Waals surface area contributed by atoms with Gasteiger partial charge in [-0.25, -0.2) is 0 Å². The van der Waals surface area contributed by atoms with Crippen LogP contribution in [0.5, 0.6) is 0 Å². The maximum Gasteiger partial charge on any atom is 0.259 e. The smallest absolute Gasteiger partial charge is 0.259 e. The van der Waals surface area contributed by atoms with Crippen LogP contribution in [0.2, 0.25) is 12.6 Å². The highest BCUT2D eigenvalue weighted by Gasteiger charge is 2.25. The molecule has 1 saturated heterocycles. The van der Waals surface area contributed by atoms with E-state index >= 15 is 0 Å². The minimum absolute atomic E-state index is 0.792. The van der Waals surface area contributed by atoms with Crippen molar-refractivity contribution >= 4 is 6.85 Å². The summed E-state index contributed by atoms with van der Waals surface area (Å²) < 4.78 is 2.35. The molecule has 0 spiro atoms. The summed E-state index contributed by atoms with van der Waals surface area (Å²) in [6, 6.07) is 4.23. The predicted octanol–water partition coefficient (Wildman–Crippen LogP) is 2.37. The number of nitrogens with zero attached hydrogens (tertiary/aromatic N) is 1. The molecule has 0 aromatic carbocycles. The van der Waals surface area contributed by atoms with E-state index in [1.54, 1.807) is 0 Å². The van der Waals surface area contributed by atoms with Crippen LogP contribution in [-0.2, 0) is 0 Å². The van der Waals surface area contributed by atoms with Crippen molar-refractivity contribution in [3.8, 4) is 0 Å². The molecule has 1 atom stereocenters. The summed E-state index contributed by atoms with van der Waals surface area (Å²) in [6.07, 6.45) is 8.51. The first-order valence-electron chi connectivity index (χ1n) is 4.48. The van der Waals surface area contributed by atoms with Crippen LogP contribution in [0.4, 0.5) is 0 Å². The lowest BCUT2D eigenvalue weighted by Gasteiger charge is -2.06. The second-order valence-corrected chi connectivity index (χ2v) is 3.70. The van der Waals surface area contributed by atoms with Crippen molar-refractivity contribution in [3.05, 3.63) is 24.5 Å². The van der Waals surface area contributed by atoms with Crippen LogP contribution >= 0.6 is 0 Å². The Morgan fingerprint density at radius 1 is 1.36 bits per heavy atom. The van der Waals surface area contributed by atoms with Gasteiger partial charge in [0.1, 0.15) is 0 Å². The van der Waals surface area contributed by atoms with Crippen molar-refractivity contribution < 1.29 is 0 Å². The van der Waals surface area contributed by atoms with Crippen molar-refractivity contribution in [2.45, 2.75) is 26.0 Å². The Bertz CT molecular complexity index is 217. The Hall–Kier alpha value is -0.655. The molecule has 1 unspecified atom stereocenters. The van der Waals surface area contributed by atoms with Crippen molar-refractivity contribution in [1.82, 2.24) is 4.48 Å². The van der Waals surface area contributed by atoms with Gasteiger partial charge in [0, 0.05) is 0 Å². The highest BCUT2D eigenvalue weighted by Crippen LogP contribution is 2.26. The summed E-state index contributed by atoms with van der Waals surface area (Å²) in [5, 5.41) is 0. The van der Waals surface area contributed by atoms with Crippen molar-refractivity contribution in [1.29, 1.82) is 0 Å². The van der Waals surface area contributed by atoms with Gasteiger partial charge in [0.15, 0.2) is 0 Å². The summed E-state index contributed by atoms with van der Waals surface area (Å²) in [4.78, 5) is 0. The van der Waals surface area contributed by atoms with Crippen molar-refractivity contribution in [2.24, 2.45) is 5.92 Å². The summed E-state index contributed by atoms with van der Waals surface area (Å²) >= 11 is 0. The average Bonchev–Trinajstić information content (AvgIpc) is 2.55. The molecule has 0 aliphatic carbocycles. The molecule has 11 heavy (non-hydrogen) atoms. The van der Waals surface area contributed by atoms with Crippen LogP contribution in [0, 0.1) is 5.92 Å². The largest absolute Gasteiger partial charge is 0.398 e. The Morgan fingerprint density at radius 3 is 2.64 bits per heavy atom. The third-order valence-electron chi connectivity index (χ3n) is 2.72. The van der Waals surface area contributed by atoms with Crippen molar-refractivity contribution in [2.75, 3.05) is 0 Å². The second kappa shape index (κ2) is 2.76. The molecule has 0 amide bonds. The molecule has 2 rings (SSSR count). The van der Waals surface area contributed by atoms with E-state index in [9.17, 15) is 0 Å². The third-order valence-corrected chi connectivity index (χ3v) is 2.72. The predicted molar refractivity (Wildman–Crippen MR) is 49.0 cm³/mol. The molecule has 1 aliphatic rings. The van der Waals surface area contributed by atoms with Gasteiger partial charge in [-0.3, -0.25) is 0 Å². The Balaban J connectivity index is 2.08. The van der Waals surface area contributed by atoms with E-state index in [0.717, 1.165) is 12.8 Å². The van der Waals surface area contributed by atoms with Gasteiger partial charge in [-0.15, -0.1) is 0 Å². The van der Waals surface area contributed by atoms with Gasteiger partial charge in [-0.2, -0.15) is 0 Å². The van der Waals surface area contributed by atoms with Gasteiger partial charge in [-0.1, -0.05) is 26.0 Å². The first-order valence-corrected chi connectivity index (χ1v) is 4.48. The molecular weight excluding hydrogens is 133 g/mol. The van der Waals surface area contributed by atoms with E-state index in [1.807, 2.05) is 0 Å². The minimum atomic E-state index is 0.792. The molecule has 2 heterocycles. The Morgan fingerprint density at radius 2 is 2.09 bits per heavy atom. The lowest BCUT2D eigenvalue weighted by Crippen LogP contribution is -2.17. The lowest BCUT2D eigenvalue weighted by atomic mass is 9.60. The zero-order chi connectivity index (χ0) is 7.68. The van der Waals surface area contributed by atoms with E-state index in [1.165, 1.54) is 19.1 Å². The average molecular weight is 147 g/mol. The van der Waals surface area contributed by atoms with E-state index in [4.69, 9.17) is 0 Å². The molecule has 2 heteroatoms. The zero-order valence-corrected chi connectivity index (χ0v) is 7.03. The summed E-state index contributed by atoms with van der Waals surface area (Å²) in [5.41, 5.74) is 0. The van der Waals surface area contributed by atoms with E-state index < -0.39 is 0 Å². The fraction of sp³-hybridized carbons (Fsp3) is 0.556. The second-order valence-electron chi connectivity index (χ2n) is 3.70. The van der Waals surface area contributed by atoms with Gasteiger partial charge < -0.3 is 4.48 Å². The Labute approximate surface area is 68.5 Å². The van der Waals surface area contributed by atoms with E-state index in [2.05, 4.69) is 35.9 Å². The van der Waals surface area contributed by atoms with Gasteiger partial charge in [0.2, 0.25) is 0 Å². The summed E-state index contributed by atoms with van der Waals surface area (Å²) in [7, 11) is 0. The molecule has 0 N–H and O–H groups in total. The number of hydrogen-bond donors (Lipinski definition) is 0. The molecule has 1 aromatic heterocycles. The molecule has 1 aromatic rings. The maximum absolute atomic E-state index is 2.35. The summed E-state index contributed by atoms with van der Waals surface area (Å²) in [6.45, 7) is 3.14. The first kappa shape index (κ1) is 7.02. The quantitative estimate of drug-likeness (QED) is 0.537. The molecular formula is C9H14BN. The van der Waals surface area contributed by atoms with Crippen LogP contribution in [0.25, 0.3) is 0 Å². The minimum Gasteiger partial charge on any atom is -0.398 e. The normalized spacial score (nSPS) is 24.5. The monoisotopic (exact) mass is 147 g/mol. The molecule has 0 bridgehead atoms. The standard InChI is InChI=1S/C9H14BN/c1-9-4-5-10(8-9)11-6-2-3-7-11/h2-3,6-7,9H,4-5,8H2,1H3. The summed E-state index contributed by atoms with van der Waals surface area (Å²) in [5.74, 6) is 0.933. The van der Waals surface area contributed by atoms with Crippen LogP contribution < -0.4 is 0 Å². The first-order chi connectivity index (χ1) is 5.36. The van der Waals surface area contributed by atoms with E-state index in [0.29, 0.717) is 0 Å². The number of rotatable bonds is 1. The number of aromatic nitrogens is 1. The van der Waals surface area contributed by atoms with E-state index in [-0.39, 0.29) is 0 Å². The molecule has 1 fully saturated rings. The van der Waals surface area contributed by atoms with Gasteiger partial charge in [0.05, 0.1) is 0 Å². The lowest BCUT2D eigenvalue weighted by molar-refractivity contribution is 0.658.